The fraction of sp³-hybridized carbons (Fsp3) is 0.111. The second kappa shape index (κ2) is 6.76. The first kappa shape index (κ1) is 16.1. The molecule has 0 radical (unpaired) electrons. The molecule has 0 amide bonds. The third kappa shape index (κ3) is 3.41. The van der Waals surface area contributed by atoms with Gasteiger partial charge in [0.2, 0.25) is 5.78 Å². The van der Waals surface area contributed by atoms with Gasteiger partial charge < -0.3 is 14.2 Å². The van der Waals surface area contributed by atoms with Gasteiger partial charge in [0.15, 0.2) is 12.4 Å². The largest absolute Gasteiger partial charge is 0.482 e. The van der Waals surface area contributed by atoms with Crippen molar-refractivity contribution in [2.24, 2.45) is 0 Å². The maximum absolute atomic E-state index is 12.4. The number of Topliss-reactive ketones (excluding diaryl/α,β-unsaturated/α-hetero) is 1. The number of ketones is 1. The quantitative estimate of drug-likeness (QED) is 0.627. The summed E-state index contributed by atoms with van der Waals surface area (Å²) in [5.41, 5.74) is 1.25. The van der Waals surface area contributed by atoms with E-state index < -0.39 is 5.97 Å². The summed E-state index contributed by atoms with van der Waals surface area (Å²) < 4.78 is 15.4. The molecule has 0 fully saturated rings. The van der Waals surface area contributed by atoms with E-state index in [2.05, 4.69) is 4.74 Å². The number of hydrogen-bond acceptors (Lipinski definition) is 5. The second-order valence-electron chi connectivity index (χ2n) is 5.01. The summed E-state index contributed by atoms with van der Waals surface area (Å²) in [5.74, 6) is 0.329. The lowest BCUT2D eigenvalue weighted by atomic mass is 10.1. The predicted octanol–water partition coefficient (Wildman–Crippen LogP) is 3.51. The van der Waals surface area contributed by atoms with Gasteiger partial charge in [0.25, 0.3) is 0 Å². The molecule has 0 atom stereocenters. The van der Waals surface area contributed by atoms with E-state index in [4.69, 9.17) is 21.1 Å². The highest BCUT2D eigenvalue weighted by molar-refractivity contribution is 6.30. The highest BCUT2D eigenvalue weighted by Crippen LogP contribution is 2.34. The Kier molecular flexibility index (Phi) is 4.53. The van der Waals surface area contributed by atoms with Gasteiger partial charge in [-0.25, -0.2) is 4.79 Å². The zero-order valence-electron chi connectivity index (χ0n) is 12.7. The number of esters is 1. The van der Waals surface area contributed by atoms with E-state index in [0.717, 1.165) is 5.56 Å². The Morgan fingerprint density at radius 2 is 1.96 bits per heavy atom. The first-order chi connectivity index (χ1) is 11.6. The van der Waals surface area contributed by atoms with Crippen molar-refractivity contribution in [3.05, 3.63) is 64.4 Å². The Balaban J connectivity index is 1.79. The number of methoxy groups -OCH3 is 1. The average Bonchev–Trinajstić information content (AvgIpc) is 2.90. The highest BCUT2D eigenvalue weighted by Gasteiger charge is 2.27. The van der Waals surface area contributed by atoms with Crippen LogP contribution in [0, 0.1) is 0 Å². The van der Waals surface area contributed by atoms with E-state index in [1.807, 2.05) is 0 Å². The summed E-state index contributed by atoms with van der Waals surface area (Å²) in [7, 11) is 1.28. The molecule has 1 aliphatic heterocycles. The SMILES string of the molecule is COC(=O)COc1ccc2c(c1)O/C(=C\c1ccc(Cl)cc1)C2=O. The van der Waals surface area contributed by atoms with Gasteiger partial charge in [-0.05, 0) is 35.9 Å². The Morgan fingerprint density at radius 1 is 1.21 bits per heavy atom. The van der Waals surface area contributed by atoms with Crippen LogP contribution in [0.5, 0.6) is 11.5 Å². The van der Waals surface area contributed by atoms with Crippen LogP contribution in [-0.4, -0.2) is 25.5 Å². The van der Waals surface area contributed by atoms with E-state index in [0.29, 0.717) is 22.1 Å². The van der Waals surface area contributed by atoms with Crippen LogP contribution in [0.1, 0.15) is 15.9 Å². The number of ether oxygens (including phenoxy) is 3. The number of hydrogen-bond donors (Lipinski definition) is 0. The summed E-state index contributed by atoms with van der Waals surface area (Å²) >= 11 is 5.84. The van der Waals surface area contributed by atoms with Gasteiger partial charge in [-0.15, -0.1) is 0 Å². The topological polar surface area (TPSA) is 61.8 Å². The normalized spacial score (nSPS) is 14.2. The Morgan fingerprint density at radius 3 is 2.67 bits per heavy atom. The van der Waals surface area contributed by atoms with E-state index in [1.54, 1.807) is 48.5 Å². The van der Waals surface area contributed by atoms with Gasteiger partial charge in [0, 0.05) is 11.1 Å². The van der Waals surface area contributed by atoms with Crippen LogP contribution < -0.4 is 9.47 Å². The molecular weight excluding hydrogens is 332 g/mol. The van der Waals surface area contributed by atoms with Crippen molar-refractivity contribution in [2.75, 3.05) is 13.7 Å². The highest BCUT2D eigenvalue weighted by atomic mass is 35.5. The number of benzene rings is 2. The van der Waals surface area contributed by atoms with Crippen molar-refractivity contribution in [1.82, 2.24) is 0 Å². The van der Waals surface area contributed by atoms with Crippen LogP contribution in [0.4, 0.5) is 0 Å². The van der Waals surface area contributed by atoms with Gasteiger partial charge in [-0.1, -0.05) is 23.7 Å². The lowest BCUT2D eigenvalue weighted by molar-refractivity contribution is -0.142. The predicted molar refractivity (Wildman–Crippen MR) is 88.3 cm³/mol. The first-order valence-corrected chi connectivity index (χ1v) is 7.48. The van der Waals surface area contributed by atoms with Crippen molar-refractivity contribution in [1.29, 1.82) is 0 Å². The molecule has 0 aliphatic carbocycles. The molecule has 0 N–H and O–H groups in total. The number of rotatable bonds is 4. The monoisotopic (exact) mass is 344 g/mol. The minimum atomic E-state index is -0.490. The van der Waals surface area contributed by atoms with Crippen molar-refractivity contribution >= 4 is 29.4 Å². The molecule has 24 heavy (non-hydrogen) atoms. The summed E-state index contributed by atoms with van der Waals surface area (Å²) in [6.45, 7) is -0.212. The van der Waals surface area contributed by atoms with Crippen molar-refractivity contribution in [3.63, 3.8) is 0 Å². The molecule has 122 valence electrons. The van der Waals surface area contributed by atoms with Gasteiger partial charge in [0.1, 0.15) is 11.5 Å². The fourth-order valence-corrected chi connectivity index (χ4v) is 2.29. The van der Waals surface area contributed by atoms with E-state index >= 15 is 0 Å². The standard InChI is InChI=1S/C18H13ClO5/c1-22-17(20)10-23-13-6-7-14-15(9-13)24-16(18(14)21)8-11-2-4-12(19)5-3-11/h2-9H,10H2,1H3/b16-8-. The average molecular weight is 345 g/mol. The van der Waals surface area contributed by atoms with Crippen LogP contribution in [0.3, 0.4) is 0 Å². The Hall–Kier alpha value is -2.79. The van der Waals surface area contributed by atoms with Crippen LogP contribution in [-0.2, 0) is 9.53 Å². The molecule has 5 nitrogen and oxygen atoms in total. The van der Waals surface area contributed by atoms with Gasteiger partial charge in [-0.2, -0.15) is 0 Å². The third-order valence-corrected chi connectivity index (χ3v) is 3.65. The van der Waals surface area contributed by atoms with Crippen LogP contribution in [0.2, 0.25) is 5.02 Å². The first-order valence-electron chi connectivity index (χ1n) is 7.10. The lowest BCUT2D eigenvalue weighted by Gasteiger charge is -2.05. The summed E-state index contributed by atoms with van der Waals surface area (Å²) in [6, 6.07) is 11.8. The molecule has 0 spiro atoms. The maximum atomic E-state index is 12.4. The minimum absolute atomic E-state index is 0.209. The number of halogens is 1. The van der Waals surface area contributed by atoms with Crippen LogP contribution in [0.15, 0.2) is 48.2 Å². The van der Waals surface area contributed by atoms with Gasteiger partial charge >= 0.3 is 5.97 Å². The molecule has 3 rings (SSSR count). The lowest BCUT2D eigenvalue weighted by Crippen LogP contribution is -2.12. The molecule has 6 heteroatoms. The molecule has 0 saturated carbocycles. The zero-order valence-corrected chi connectivity index (χ0v) is 13.5. The van der Waals surface area contributed by atoms with Crippen molar-refractivity contribution < 1.29 is 23.8 Å². The second-order valence-corrected chi connectivity index (χ2v) is 5.45. The summed E-state index contributed by atoms with van der Waals surface area (Å²) in [5, 5.41) is 0.617. The summed E-state index contributed by atoms with van der Waals surface area (Å²) in [6.07, 6.45) is 1.65. The minimum Gasteiger partial charge on any atom is -0.482 e. The molecule has 2 aromatic rings. The molecule has 0 saturated heterocycles. The number of carbonyl (C=O) groups is 2. The summed E-state index contributed by atoms with van der Waals surface area (Å²) in [4.78, 5) is 23.5. The molecule has 0 aromatic heterocycles. The Labute approximate surface area is 143 Å². The number of fused-ring (bicyclic) bond motifs is 1. The molecule has 1 heterocycles. The molecule has 0 unspecified atom stereocenters. The van der Waals surface area contributed by atoms with Gasteiger partial charge in [0.05, 0.1) is 12.7 Å². The Bertz CT molecular complexity index is 824. The van der Waals surface area contributed by atoms with Crippen molar-refractivity contribution in [3.8, 4) is 11.5 Å². The molecule has 2 aromatic carbocycles. The number of allylic oxidation sites excluding steroid dienone is 1. The smallest absolute Gasteiger partial charge is 0.343 e. The van der Waals surface area contributed by atoms with Crippen LogP contribution in [0.25, 0.3) is 6.08 Å². The maximum Gasteiger partial charge on any atom is 0.343 e. The van der Waals surface area contributed by atoms with E-state index in [9.17, 15) is 9.59 Å². The molecular formula is C18H13ClO5. The fourth-order valence-electron chi connectivity index (χ4n) is 2.17. The van der Waals surface area contributed by atoms with E-state index in [1.165, 1.54) is 7.11 Å². The number of carbonyl (C=O) groups excluding carboxylic acids is 2. The molecule has 0 bridgehead atoms. The van der Waals surface area contributed by atoms with Crippen molar-refractivity contribution in [2.45, 2.75) is 0 Å². The third-order valence-electron chi connectivity index (χ3n) is 3.39. The molecule has 1 aliphatic rings. The zero-order chi connectivity index (χ0) is 17.1. The van der Waals surface area contributed by atoms with Crippen LogP contribution >= 0.6 is 11.6 Å². The van der Waals surface area contributed by atoms with E-state index in [-0.39, 0.29) is 18.1 Å². The van der Waals surface area contributed by atoms with Gasteiger partial charge in [-0.3, -0.25) is 4.79 Å².